The molecule has 0 bridgehead atoms. The second kappa shape index (κ2) is 6.85. The molecule has 1 aliphatic rings. The van der Waals surface area contributed by atoms with Crippen LogP contribution in [0.3, 0.4) is 0 Å². The first-order valence-electron chi connectivity index (χ1n) is 6.63. The summed E-state index contributed by atoms with van der Waals surface area (Å²) in [4.78, 5) is 3.98. The normalized spacial score (nSPS) is 20.2. The Morgan fingerprint density at radius 2 is 2.25 bits per heavy atom. The molecule has 2 rings (SSSR count). The summed E-state index contributed by atoms with van der Waals surface area (Å²) in [6, 6.07) is 3.17. The maximum atomic E-state index is 12.4. The number of rotatable bonds is 5. The fourth-order valence-corrected chi connectivity index (χ4v) is 3.40. The lowest BCUT2D eigenvalue weighted by Gasteiger charge is -2.26. The van der Waals surface area contributed by atoms with E-state index in [2.05, 4.69) is 4.98 Å². The lowest BCUT2D eigenvalue weighted by Crippen LogP contribution is -2.37. The van der Waals surface area contributed by atoms with E-state index in [1.54, 1.807) is 13.1 Å². The van der Waals surface area contributed by atoms with E-state index in [1.165, 1.54) is 16.6 Å². The first-order chi connectivity index (χ1) is 9.54. The van der Waals surface area contributed by atoms with Crippen LogP contribution in [0.1, 0.15) is 24.8 Å². The summed E-state index contributed by atoms with van der Waals surface area (Å²) in [5, 5.41) is 0.0460. The summed E-state index contributed by atoms with van der Waals surface area (Å²) in [6.07, 6.45) is 4.50. The summed E-state index contributed by atoms with van der Waals surface area (Å²) in [7, 11) is -2.00. The van der Waals surface area contributed by atoms with Gasteiger partial charge in [-0.25, -0.2) is 13.4 Å². The minimum atomic E-state index is -3.56. The number of pyridine rings is 1. The third-order valence-corrected chi connectivity index (χ3v) is 5.41. The molecule has 0 saturated carbocycles. The fraction of sp³-hybridized carbons (Fsp3) is 0.615. The molecule has 1 aromatic heterocycles. The van der Waals surface area contributed by atoms with Gasteiger partial charge in [-0.1, -0.05) is 6.07 Å². The predicted octanol–water partition coefficient (Wildman–Crippen LogP) is 2.01. The molecule has 1 saturated heterocycles. The van der Waals surface area contributed by atoms with Gasteiger partial charge in [0.1, 0.15) is 0 Å². The van der Waals surface area contributed by atoms with Crippen LogP contribution in [0.5, 0.6) is 0 Å². The zero-order valence-electron chi connectivity index (χ0n) is 11.5. The Morgan fingerprint density at radius 1 is 1.45 bits per heavy atom. The van der Waals surface area contributed by atoms with Gasteiger partial charge in [0.05, 0.1) is 6.10 Å². The van der Waals surface area contributed by atoms with Crippen LogP contribution in [-0.2, 0) is 20.6 Å². The molecule has 20 heavy (non-hydrogen) atoms. The monoisotopic (exact) mass is 318 g/mol. The minimum absolute atomic E-state index is 0.0226. The van der Waals surface area contributed by atoms with Crippen molar-refractivity contribution in [1.82, 2.24) is 9.29 Å². The molecule has 1 fully saturated rings. The molecule has 0 N–H and O–H groups in total. The SMILES string of the molecule is CN(CC1CCCCO1)S(=O)(=O)c1ccc(CCl)cn1. The van der Waals surface area contributed by atoms with Crippen LogP contribution >= 0.6 is 11.6 Å². The van der Waals surface area contributed by atoms with E-state index >= 15 is 0 Å². The number of halogens is 1. The number of hydrogen-bond acceptors (Lipinski definition) is 4. The third-order valence-electron chi connectivity index (χ3n) is 3.36. The number of sulfonamides is 1. The number of aromatic nitrogens is 1. The molecule has 1 atom stereocenters. The summed E-state index contributed by atoms with van der Waals surface area (Å²) in [5.41, 5.74) is 0.795. The van der Waals surface area contributed by atoms with Crippen molar-refractivity contribution in [2.24, 2.45) is 0 Å². The van der Waals surface area contributed by atoms with E-state index in [1.807, 2.05) is 0 Å². The summed E-state index contributed by atoms with van der Waals surface area (Å²) >= 11 is 5.67. The number of ether oxygens (including phenoxy) is 1. The van der Waals surface area contributed by atoms with Crippen molar-refractivity contribution in [3.63, 3.8) is 0 Å². The lowest BCUT2D eigenvalue weighted by atomic mass is 10.1. The molecule has 7 heteroatoms. The topological polar surface area (TPSA) is 59.5 Å². The number of alkyl halides is 1. The first kappa shape index (κ1) is 15.7. The van der Waals surface area contributed by atoms with Crippen molar-refractivity contribution in [1.29, 1.82) is 0 Å². The molecule has 0 spiro atoms. The van der Waals surface area contributed by atoms with Crippen LogP contribution in [0.25, 0.3) is 0 Å². The van der Waals surface area contributed by atoms with Crippen molar-refractivity contribution >= 4 is 21.6 Å². The van der Waals surface area contributed by atoms with Crippen molar-refractivity contribution in [3.05, 3.63) is 23.9 Å². The predicted molar refractivity (Wildman–Crippen MR) is 77.2 cm³/mol. The van der Waals surface area contributed by atoms with Gasteiger partial charge in [0, 0.05) is 32.3 Å². The zero-order valence-corrected chi connectivity index (χ0v) is 13.0. The molecule has 0 amide bonds. The average molecular weight is 319 g/mol. The van der Waals surface area contributed by atoms with Gasteiger partial charge in [0.15, 0.2) is 5.03 Å². The molecule has 0 aromatic carbocycles. The maximum absolute atomic E-state index is 12.4. The second-order valence-corrected chi connectivity index (χ2v) is 7.17. The Hall–Kier alpha value is -0.690. The highest BCUT2D eigenvalue weighted by molar-refractivity contribution is 7.89. The van der Waals surface area contributed by atoms with Gasteiger partial charge in [-0.15, -0.1) is 11.6 Å². The maximum Gasteiger partial charge on any atom is 0.260 e. The quantitative estimate of drug-likeness (QED) is 0.779. The van der Waals surface area contributed by atoms with Crippen LogP contribution in [0.15, 0.2) is 23.4 Å². The van der Waals surface area contributed by atoms with Gasteiger partial charge < -0.3 is 4.74 Å². The van der Waals surface area contributed by atoms with Crippen LogP contribution in [0.4, 0.5) is 0 Å². The van der Waals surface area contributed by atoms with Crippen LogP contribution in [0.2, 0.25) is 0 Å². The van der Waals surface area contributed by atoms with E-state index in [-0.39, 0.29) is 11.1 Å². The Kier molecular flexibility index (Phi) is 5.37. The first-order valence-corrected chi connectivity index (χ1v) is 8.60. The Balaban J connectivity index is 2.07. The van der Waals surface area contributed by atoms with E-state index in [4.69, 9.17) is 16.3 Å². The summed E-state index contributed by atoms with van der Waals surface area (Å²) < 4.78 is 31.6. The van der Waals surface area contributed by atoms with Crippen molar-refractivity contribution in [2.45, 2.75) is 36.3 Å². The van der Waals surface area contributed by atoms with Crippen molar-refractivity contribution in [2.75, 3.05) is 20.2 Å². The standard InChI is InChI=1S/C13H19ClN2O3S/c1-16(10-12-4-2-3-7-19-12)20(17,18)13-6-5-11(8-14)9-15-13/h5-6,9,12H,2-4,7-8,10H2,1H3. The Bertz CT molecular complexity index is 527. The van der Waals surface area contributed by atoms with E-state index in [0.29, 0.717) is 19.0 Å². The van der Waals surface area contributed by atoms with E-state index < -0.39 is 10.0 Å². The van der Waals surface area contributed by atoms with Crippen molar-refractivity contribution in [3.8, 4) is 0 Å². The molecule has 2 heterocycles. The van der Waals surface area contributed by atoms with Gasteiger partial charge in [-0.2, -0.15) is 4.31 Å². The van der Waals surface area contributed by atoms with Gasteiger partial charge in [0.25, 0.3) is 10.0 Å². The largest absolute Gasteiger partial charge is 0.377 e. The van der Waals surface area contributed by atoms with E-state index in [0.717, 1.165) is 24.8 Å². The molecule has 1 aliphatic heterocycles. The number of likely N-dealkylation sites (N-methyl/N-ethyl adjacent to an activating group) is 1. The molecular formula is C13H19ClN2O3S. The van der Waals surface area contributed by atoms with Crippen molar-refractivity contribution < 1.29 is 13.2 Å². The third kappa shape index (κ3) is 3.69. The Morgan fingerprint density at radius 3 is 2.80 bits per heavy atom. The number of nitrogens with zero attached hydrogens (tertiary/aromatic N) is 2. The van der Waals surface area contributed by atoms with Gasteiger partial charge in [-0.3, -0.25) is 0 Å². The minimum Gasteiger partial charge on any atom is -0.377 e. The molecule has 1 unspecified atom stereocenters. The highest BCUT2D eigenvalue weighted by Crippen LogP contribution is 2.18. The summed E-state index contributed by atoms with van der Waals surface area (Å²) in [5.74, 6) is 0.319. The molecular weight excluding hydrogens is 300 g/mol. The fourth-order valence-electron chi connectivity index (χ4n) is 2.14. The second-order valence-electron chi connectivity index (χ2n) is 4.91. The molecule has 112 valence electrons. The summed E-state index contributed by atoms with van der Waals surface area (Å²) in [6.45, 7) is 1.07. The van der Waals surface area contributed by atoms with E-state index in [9.17, 15) is 8.42 Å². The van der Waals surface area contributed by atoms with Crippen LogP contribution in [0, 0.1) is 0 Å². The molecule has 0 radical (unpaired) electrons. The lowest BCUT2D eigenvalue weighted by molar-refractivity contribution is 0.00856. The average Bonchev–Trinajstić information content (AvgIpc) is 2.48. The highest BCUT2D eigenvalue weighted by atomic mass is 35.5. The van der Waals surface area contributed by atoms with Crippen LogP contribution < -0.4 is 0 Å². The zero-order chi connectivity index (χ0) is 14.6. The smallest absolute Gasteiger partial charge is 0.260 e. The molecule has 5 nitrogen and oxygen atoms in total. The number of hydrogen-bond donors (Lipinski definition) is 0. The Labute approximate surface area is 125 Å². The molecule has 0 aliphatic carbocycles. The van der Waals surface area contributed by atoms with Crippen LogP contribution in [-0.4, -0.2) is 44.0 Å². The molecule has 1 aromatic rings. The highest BCUT2D eigenvalue weighted by Gasteiger charge is 2.26. The van der Waals surface area contributed by atoms with Gasteiger partial charge in [0.2, 0.25) is 0 Å². The van der Waals surface area contributed by atoms with Gasteiger partial charge in [-0.05, 0) is 30.9 Å². The van der Waals surface area contributed by atoms with Gasteiger partial charge >= 0.3 is 0 Å².